The van der Waals surface area contributed by atoms with Gasteiger partial charge in [-0.15, -0.1) is 0 Å². The lowest BCUT2D eigenvalue weighted by atomic mass is 9.86. The minimum atomic E-state index is 0.258. The fourth-order valence-corrected chi connectivity index (χ4v) is 3.35. The number of hydrogen-bond donors (Lipinski definition) is 1. The van der Waals surface area contributed by atoms with Crippen molar-refractivity contribution in [1.29, 1.82) is 0 Å². The first-order valence-corrected chi connectivity index (χ1v) is 6.75. The van der Waals surface area contributed by atoms with Gasteiger partial charge >= 0.3 is 0 Å². The third kappa shape index (κ3) is 2.24. The summed E-state index contributed by atoms with van der Waals surface area (Å²) in [5.74, 6) is 1.48. The first kappa shape index (κ1) is 11.2. The Labute approximate surface area is 103 Å². The number of rotatable bonds is 2. The smallest absolute Gasteiger partial charge is 0.0468 e. The van der Waals surface area contributed by atoms with Crippen LogP contribution in [0, 0.1) is 11.8 Å². The van der Waals surface area contributed by atoms with Crippen LogP contribution in [0.2, 0.25) is 0 Å². The fourth-order valence-electron chi connectivity index (χ4n) is 3.35. The van der Waals surface area contributed by atoms with E-state index in [1.54, 1.807) is 0 Å². The van der Waals surface area contributed by atoms with Gasteiger partial charge in [0.25, 0.3) is 0 Å². The van der Waals surface area contributed by atoms with E-state index < -0.39 is 0 Å². The molecule has 17 heavy (non-hydrogen) atoms. The highest BCUT2D eigenvalue weighted by molar-refractivity contribution is 5.35. The first-order valence-electron chi connectivity index (χ1n) is 6.75. The van der Waals surface area contributed by atoms with E-state index in [4.69, 9.17) is 10.5 Å². The SMILES string of the molecule is NC1c2ccccc2CC1CC1CCOCC1. The quantitative estimate of drug-likeness (QED) is 0.849. The zero-order valence-corrected chi connectivity index (χ0v) is 10.3. The molecule has 0 radical (unpaired) electrons. The molecule has 2 N–H and O–H groups in total. The third-order valence-electron chi connectivity index (χ3n) is 4.38. The zero-order chi connectivity index (χ0) is 11.7. The van der Waals surface area contributed by atoms with Crippen LogP contribution in [-0.2, 0) is 11.2 Å². The minimum Gasteiger partial charge on any atom is -0.381 e. The molecule has 2 unspecified atom stereocenters. The Hall–Kier alpha value is -0.860. The van der Waals surface area contributed by atoms with E-state index in [-0.39, 0.29) is 6.04 Å². The Morgan fingerprint density at radius 2 is 1.94 bits per heavy atom. The lowest BCUT2D eigenvalue weighted by molar-refractivity contribution is 0.0577. The molecule has 3 rings (SSSR count). The van der Waals surface area contributed by atoms with Gasteiger partial charge in [-0.25, -0.2) is 0 Å². The van der Waals surface area contributed by atoms with Gasteiger partial charge < -0.3 is 10.5 Å². The van der Waals surface area contributed by atoms with Gasteiger partial charge in [0, 0.05) is 19.3 Å². The number of fused-ring (bicyclic) bond motifs is 1. The monoisotopic (exact) mass is 231 g/mol. The molecule has 2 nitrogen and oxygen atoms in total. The highest BCUT2D eigenvalue weighted by Gasteiger charge is 2.31. The molecule has 1 heterocycles. The van der Waals surface area contributed by atoms with Crippen LogP contribution in [0.15, 0.2) is 24.3 Å². The van der Waals surface area contributed by atoms with Gasteiger partial charge in [0.1, 0.15) is 0 Å². The van der Waals surface area contributed by atoms with E-state index >= 15 is 0 Å². The molecule has 0 bridgehead atoms. The Morgan fingerprint density at radius 1 is 1.18 bits per heavy atom. The van der Waals surface area contributed by atoms with Crippen LogP contribution >= 0.6 is 0 Å². The number of hydrogen-bond acceptors (Lipinski definition) is 2. The molecule has 0 amide bonds. The van der Waals surface area contributed by atoms with Gasteiger partial charge in [0.15, 0.2) is 0 Å². The van der Waals surface area contributed by atoms with Gasteiger partial charge in [-0.05, 0) is 48.6 Å². The summed E-state index contributed by atoms with van der Waals surface area (Å²) in [5, 5.41) is 0. The summed E-state index contributed by atoms with van der Waals surface area (Å²) in [6.07, 6.45) is 4.90. The second kappa shape index (κ2) is 4.79. The predicted molar refractivity (Wildman–Crippen MR) is 68.7 cm³/mol. The molecule has 2 heteroatoms. The number of benzene rings is 1. The Balaban J connectivity index is 1.67. The Kier molecular flexibility index (Phi) is 3.17. The molecular weight excluding hydrogens is 210 g/mol. The van der Waals surface area contributed by atoms with E-state index in [9.17, 15) is 0 Å². The van der Waals surface area contributed by atoms with Crippen molar-refractivity contribution >= 4 is 0 Å². The molecule has 0 spiro atoms. The minimum absolute atomic E-state index is 0.258. The molecule has 2 atom stereocenters. The van der Waals surface area contributed by atoms with Crippen molar-refractivity contribution in [2.24, 2.45) is 17.6 Å². The van der Waals surface area contributed by atoms with Crippen molar-refractivity contribution in [1.82, 2.24) is 0 Å². The summed E-state index contributed by atoms with van der Waals surface area (Å²) in [5.41, 5.74) is 9.23. The maximum absolute atomic E-state index is 6.38. The highest BCUT2D eigenvalue weighted by atomic mass is 16.5. The highest BCUT2D eigenvalue weighted by Crippen LogP contribution is 2.39. The van der Waals surface area contributed by atoms with Gasteiger partial charge in [0.2, 0.25) is 0 Å². The molecule has 1 aliphatic carbocycles. The maximum atomic E-state index is 6.38. The van der Waals surface area contributed by atoms with Crippen LogP contribution in [0.25, 0.3) is 0 Å². The predicted octanol–water partition coefficient (Wildman–Crippen LogP) is 2.68. The normalized spacial score (nSPS) is 29.2. The van der Waals surface area contributed by atoms with E-state index in [1.807, 2.05) is 0 Å². The summed E-state index contributed by atoms with van der Waals surface area (Å²) < 4.78 is 5.42. The van der Waals surface area contributed by atoms with Gasteiger partial charge in [-0.2, -0.15) is 0 Å². The summed E-state index contributed by atoms with van der Waals surface area (Å²) in [6.45, 7) is 1.89. The van der Waals surface area contributed by atoms with Gasteiger partial charge in [-0.1, -0.05) is 24.3 Å². The van der Waals surface area contributed by atoms with E-state index in [1.165, 1.54) is 36.8 Å². The van der Waals surface area contributed by atoms with Crippen LogP contribution in [0.4, 0.5) is 0 Å². The zero-order valence-electron chi connectivity index (χ0n) is 10.3. The number of nitrogens with two attached hydrogens (primary N) is 1. The maximum Gasteiger partial charge on any atom is 0.0468 e. The Bertz CT molecular complexity index is 384. The van der Waals surface area contributed by atoms with Gasteiger partial charge in [-0.3, -0.25) is 0 Å². The summed E-state index contributed by atoms with van der Waals surface area (Å²) in [7, 11) is 0. The van der Waals surface area contributed by atoms with Crippen LogP contribution in [0.5, 0.6) is 0 Å². The molecule has 1 aliphatic heterocycles. The van der Waals surface area contributed by atoms with Crippen LogP contribution < -0.4 is 5.73 Å². The summed E-state index contributed by atoms with van der Waals surface area (Å²) >= 11 is 0. The van der Waals surface area contributed by atoms with E-state index in [0.717, 1.165) is 19.1 Å². The number of ether oxygens (including phenoxy) is 1. The third-order valence-corrected chi connectivity index (χ3v) is 4.38. The second-order valence-corrected chi connectivity index (χ2v) is 5.48. The second-order valence-electron chi connectivity index (χ2n) is 5.48. The lowest BCUT2D eigenvalue weighted by Crippen LogP contribution is -2.23. The largest absolute Gasteiger partial charge is 0.381 e. The lowest BCUT2D eigenvalue weighted by Gasteiger charge is -2.26. The fraction of sp³-hybridized carbons (Fsp3) is 0.600. The molecule has 1 aromatic rings. The van der Waals surface area contributed by atoms with Crippen molar-refractivity contribution in [3.05, 3.63) is 35.4 Å². The first-order chi connectivity index (χ1) is 8.34. The van der Waals surface area contributed by atoms with Crippen molar-refractivity contribution in [3.63, 3.8) is 0 Å². The molecule has 1 fully saturated rings. The van der Waals surface area contributed by atoms with Crippen molar-refractivity contribution in [2.75, 3.05) is 13.2 Å². The van der Waals surface area contributed by atoms with Crippen molar-refractivity contribution < 1.29 is 4.74 Å². The molecule has 1 saturated heterocycles. The molecule has 1 aromatic carbocycles. The van der Waals surface area contributed by atoms with E-state index in [2.05, 4.69) is 24.3 Å². The topological polar surface area (TPSA) is 35.2 Å². The molecule has 92 valence electrons. The molecule has 0 saturated carbocycles. The van der Waals surface area contributed by atoms with Crippen LogP contribution in [-0.4, -0.2) is 13.2 Å². The van der Waals surface area contributed by atoms with Crippen molar-refractivity contribution in [3.8, 4) is 0 Å². The summed E-state index contributed by atoms with van der Waals surface area (Å²) in [6, 6.07) is 8.93. The standard InChI is InChI=1S/C15H21NO/c16-15-13(9-11-5-7-17-8-6-11)10-12-3-1-2-4-14(12)15/h1-4,11,13,15H,5-10,16H2. The van der Waals surface area contributed by atoms with Crippen LogP contribution in [0.1, 0.15) is 36.4 Å². The van der Waals surface area contributed by atoms with Crippen LogP contribution in [0.3, 0.4) is 0 Å². The average Bonchev–Trinajstić information content (AvgIpc) is 2.68. The summed E-state index contributed by atoms with van der Waals surface area (Å²) in [4.78, 5) is 0. The molecular formula is C15H21NO. The van der Waals surface area contributed by atoms with E-state index in [0.29, 0.717) is 5.92 Å². The van der Waals surface area contributed by atoms with Gasteiger partial charge in [0.05, 0.1) is 0 Å². The molecule has 0 aromatic heterocycles. The molecule has 2 aliphatic rings. The Morgan fingerprint density at radius 3 is 2.71 bits per heavy atom. The average molecular weight is 231 g/mol. The van der Waals surface area contributed by atoms with Crippen molar-refractivity contribution in [2.45, 2.75) is 31.7 Å².